The van der Waals surface area contributed by atoms with E-state index in [0.29, 0.717) is 17.9 Å². The van der Waals surface area contributed by atoms with Gasteiger partial charge < -0.3 is 10.6 Å². The predicted molar refractivity (Wildman–Crippen MR) is 116 cm³/mol. The molecule has 3 nitrogen and oxygen atoms in total. The molecule has 0 aliphatic heterocycles. The van der Waals surface area contributed by atoms with Crippen LogP contribution in [0.1, 0.15) is 38.3 Å². The van der Waals surface area contributed by atoms with Crippen molar-refractivity contribution in [3.63, 3.8) is 0 Å². The molecule has 1 atom stereocenters. The molecule has 1 aliphatic rings. The Morgan fingerprint density at radius 3 is 2.86 bits per heavy atom. The summed E-state index contributed by atoms with van der Waals surface area (Å²) in [7, 11) is 0. The zero-order chi connectivity index (χ0) is 20.1. The van der Waals surface area contributed by atoms with Crippen LogP contribution in [0.3, 0.4) is 0 Å². The first kappa shape index (κ1) is 20.4. The highest BCUT2D eigenvalue weighted by Crippen LogP contribution is 2.32. The van der Waals surface area contributed by atoms with Crippen LogP contribution in [0.15, 0.2) is 59.9 Å². The molecule has 148 valence electrons. The Labute approximate surface area is 171 Å². The van der Waals surface area contributed by atoms with E-state index in [2.05, 4.69) is 29.1 Å². The van der Waals surface area contributed by atoms with Gasteiger partial charge in [-0.25, -0.2) is 4.39 Å². The number of alkyl halides is 1. The van der Waals surface area contributed by atoms with E-state index >= 15 is 0 Å². The standard InChI is InChI=1S/C23H27ClFN3/c1-4-11-26-22-10-9-17(25)13-20(22)16(3)28-18-12-15(2)27-23(14-18)19-7-5-6-8-21(19)24/h5-8,12,14,17,26H,3-4,9-11,13H2,1-2H3,(H,27,28). The number of aromatic nitrogens is 1. The number of pyridine rings is 1. The van der Waals surface area contributed by atoms with Crippen molar-refractivity contribution in [3.8, 4) is 11.3 Å². The van der Waals surface area contributed by atoms with E-state index in [-0.39, 0.29) is 0 Å². The predicted octanol–water partition coefficient (Wildman–Crippen LogP) is 6.41. The molecule has 1 aromatic carbocycles. The van der Waals surface area contributed by atoms with Gasteiger partial charge in [0.05, 0.1) is 5.69 Å². The molecular weight excluding hydrogens is 373 g/mol. The van der Waals surface area contributed by atoms with Crippen LogP contribution in [0.25, 0.3) is 11.3 Å². The molecule has 5 heteroatoms. The number of rotatable bonds is 7. The monoisotopic (exact) mass is 399 g/mol. The molecule has 3 rings (SSSR count). The largest absolute Gasteiger partial charge is 0.388 e. The average molecular weight is 400 g/mol. The van der Waals surface area contributed by atoms with Gasteiger partial charge in [0.1, 0.15) is 6.17 Å². The molecule has 0 radical (unpaired) electrons. The molecule has 0 amide bonds. The zero-order valence-electron chi connectivity index (χ0n) is 16.5. The van der Waals surface area contributed by atoms with Crippen molar-refractivity contribution in [2.75, 3.05) is 11.9 Å². The van der Waals surface area contributed by atoms with Crippen LogP contribution < -0.4 is 10.6 Å². The Kier molecular flexibility index (Phi) is 6.74. The molecule has 0 saturated carbocycles. The van der Waals surface area contributed by atoms with E-state index in [1.54, 1.807) is 0 Å². The Hall–Kier alpha value is -2.33. The second-order valence-corrected chi connectivity index (χ2v) is 7.60. The summed E-state index contributed by atoms with van der Waals surface area (Å²) in [6, 6.07) is 11.6. The highest BCUT2D eigenvalue weighted by Gasteiger charge is 2.22. The van der Waals surface area contributed by atoms with Crippen molar-refractivity contribution >= 4 is 17.3 Å². The first-order valence-corrected chi connectivity index (χ1v) is 10.2. The number of benzene rings is 1. The fraction of sp³-hybridized carbons (Fsp3) is 0.348. The van der Waals surface area contributed by atoms with E-state index in [0.717, 1.165) is 59.0 Å². The Morgan fingerprint density at radius 2 is 2.11 bits per heavy atom. The maximum atomic E-state index is 14.1. The normalized spacial score (nSPS) is 16.8. The lowest BCUT2D eigenvalue weighted by Gasteiger charge is -2.26. The zero-order valence-corrected chi connectivity index (χ0v) is 17.2. The number of hydrogen-bond acceptors (Lipinski definition) is 3. The van der Waals surface area contributed by atoms with Gasteiger partial charge in [0.15, 0.2) is 0 Å². The van der Waals surface area contributed by atoms with Gasteiger partial charge in [-0.2, -0.15) is 0 Å². The van der Waals surface area contributed by atoms with Crippen molar-refractivity contribution in [2.45, 2.75) is 45.7 Å². The lowest BCUT2D eigenvalue weighted by molar-refractivity contribution is 0.298. The minimum Gasteiger partial charge on any atom is -0.388 e. The van der Waals surface area contributed by atoms with Crippen molar-refractivity contribution in [1.29, 1.82) is 0 Å². The fourth-order valence-corrected chi connectivity index (χ4v) is 3.70. The molecule has 1 unspecified atom stereocenters. The summed E-state index contributed by atoms with van der Waals surface area (Å²) in [5, 5.41) is 7.47. The molecule has 1 aliphatic carbocycles. The first-order valence-electron chi connectivity index (χ1n) is 9.77. The number of hydrogen-bond donors (Lipinski definition) is 2. The summed E-state index contributed by atoms with van der Waals surface area (Å²) >= 11 is 6.34. The second-order valence-electron chi connectivity index (χ2n) is 7.19. The van der Waals surface area contributed by atoms with Crippen LogP contribution in [-0.4, -0.2) is 17.7 Å². The number of aryl methyl sites for hydroxylation is 1. The number of allylic oxidation sites excluding steroid dienone is 2. The molecule has 28 heavy (non-hydrogen) atoms. The summed E-state index contributed by atoms with van der Waals surface area (Å²) < 4.78 is 14.1. The maximum absolute atomic E-state index is 14.1. The molecule has 2 N–H and O–H groups in total. The highest BCUT2D eigenvalue weighted by molar-refractivity contribution is 6.33. The van der Waals surface area contributed by atoms with Crippen LogP contribution in [0.5, 0.6) is 0 Å². The summed E-state index contributed by atoms with van der Waals surface area (Å²) in [5.74, 6) is 0. The third-order valence-corrected chi connectivity index (χ3v) is 5.18. The first-order chi connectivity index (χ1) is 13.5. The van der Waals surface area contributed by atoms with Gasteiger partial charge in [-0.05, 0) is 50.0 Å². The molecule has 1 aromatic heterocycles. The summed E-state index contributed by atoms with van der Waals surface area (Å²) in [5.41, 5.74) is 6.20. The Morgan fingerprint density at radius 1 is 1.32 bits per heavy atom. The van der Waals surface area contributed by atoms with E-state index in [4.69, 9.17) is 11.6 Å². The number of halogens is 2. The molecule has 0 fully saturated rings. The number of anilines is 1. The summed E-state index contributed by atoms with van der Waals surface area (Å²) in [4.78, 5) is 4.61. The molecular formula is C23H27ClFN3. The van der Waals surface area contributed by atoms with Crippen LogP contribution in [0.2, 0.25) is 5.02 Å². The minimum absolute atomic E-state index is 0.388. The van der Waals surface area contributed by atoms with Crippen molar-refractivity contribution in [1.82, 2.24) is 10.3 Å². The summed E-state index contributed by atoms with van der Waals surface area (Å²) in [6.45, 7) is 9.14. The fourth-order valence-electron chi connectivity index (χ4n) is 3.47. The molecule has 2 aromatic rings. The second kappa shape index (κ2) is 9.24. The van der Waals surface area contributed by atoms with E-state index < -0.39 is 6.17 Å². The molecule has 0 spiro atoms. The van der Waals surface area contributed by atoms with Gasteiger partial charge in [0.2, 0.25) is 0 Å². The van der Waals surface area contributed by atoms with Crippen LogP contribution in [-0.2, 0) is 0 Å². The minimum atomic E-state index is -0.821. The third kappa shape index (κ3) is 4.93. The van der Waals surface area contributed by atoms with Crippen LogP contribution in [0, 0.1) is 6.92 Å². The van der Waals surface area contributed by atoms with Gasteiger partial charge in [0.25, 0.3) is 0 Å². The van der Waals surface area contributed by atoms with Crippen molar-refractivity contribution < 1.29 is 4.39 Å². The van der Waals surface area contributed by atoms with Gasteiger partial charge in [0, 0.05) is 46.3 Å². The van der Waals surface area contributed by atoms with E-state index in [1.807, 2.05) is 43.3 Å². The maximum Gasteiger partial charge on any atom is 0.105 e. The highest BCUT2D eigenvalue weighted by atomic mass is 35.5. The lowest BCUT2D eigenvalue weighted by Crippen LogP contribution is -2.24. The van der Waals surface area contributed by atoms with Crippen LogP contribution in [0.4, 0.5) is 10.1 Å². The third-order valence-electron chi connectivity index (χ3n) is 4.85. The van der Waals surface area contributed by atoms with Crippen LogP contribution >= 0.6 is 11.6 Å². The van der Waals surface area contributed by atoms with Crippen molar-refractivity contribution in [2.24, 2.45) is 0 Å². The van der Waals surface area contributed by atoms with Gasteiger partial charge in [-0.15, -0.1) is 0 Å². The molecule has 1 heterocycles. The SMILES string of the molecule is C=C(Nc1cc(C)nc(-c2ccccc2Cl)c1)C1=C(NCCC)CCC(F)C1. The summed E-state index contributed by atoms with van der Waals surface area (Å²) in [6.07, 6.45) is 1.88. The lowest BCUT2D eigenvalue weighted by atomic mass is 9.92. The number of nitrogens with zero attached hydrogens (tertiary/aromatic N) is 1. The molecule has 0 saturated heterocycles. The average Bonchev–Trinajstić information content (AvgIpc) is 2.66. The van der Waals surface area contributed by atoms with Gasteiger partial charge >= 0.3 is 0 Å². The Balaban J connectivity index is 1.87. The van der Waals surface area contributed by atoms with Crippen molar-refractivity contribution in [3.05, 3.63) is 70.7 Å². The van der Waals surface area contributed by atoms with Gasteiger partial charge in [-0.1, -0.05) is 43.3 Å². The Bertz CT molecular complexity index is 891. The van der Waals surface area contributed by atoms with Gasteiger partial charge in [-0.3, -0.25) is 4.98 Å². The quantitative estimate of drug-likeness (QED) is 0.564. The van der Waals surface area contributed by atoms with E-state index in [1.165, 1.54) is 0 Å². The smallest absolute Gasteiger partial charge is 0.105 e. The topological polar surface area (TPSA) is 37.0 Å². The number of nitrogens with one attached hydrogen (secondary N) is 2. The van der Waals surface area contributed by atoms with E-state index in [9.17, 15) is 4.39 Å². The molecule has 0 bridgehead atoms.